The fraction of sp³-hybridized carbons (Fsp3) is 0.357. The second-order valence-electron chi connectivity index (χ2n) is 4.22. The minimum Gasteiger partial charge on any atom is -0.465 e. The topological polar surface area (TPSA) is 75.7 Å². The summed E-state index contributed by atoms with van der Waals surface area (Å²) in [6.45, 7) is 3.30. The van der Waals surface area contributed by atoms with Gasteiger partial charge in [-0.05, 0) is 31.2 Å². The molecule has 0 aliphatic carbocycles. The summed E-state index contributed by atoms with van der Waals surface area (Å²) in [5, 5.41) is 2.61. The quantitative estimate of drug-likeness (QED) is 0.823. The number of rotatable bonds is 5. The van der Waals surface area contributed by atoms with Gasteiger partial charge >= 0.3 is 5.97 Å². The molecule has 0 unspecified atom stereocenters. The zero-order valence-electron chi connectivity index (χ0n) is 11.8. The fourth-order valence-electron chi connectivity index (χ4n) is 1.59. The Morgan fingerprint density at radius 3 is 2.30 bits per heavy atom. The van der Waals surface area contributed by atoms with Crippen LogP contribution in [-0.4, -0.2) is 42.9 Å². The predicted octanol–water partition coefficient (Wildman–Crippen LogP) is 1.28. The Morgan fingerprint density at radius 2 is 1.80 bits per heavy atom. The Bertz CT molecular complexity index is 496. The van der Waals surface area contributed by atoms with Crippen LogP contribution in [0.25, 0.3) is 0 Å². The summed E-state index contributed by atoms with van der Waals surface area (Å²) in [5.74, 6) is -0.908. The first kappa shape index (κ1) is 15.7. The lowest BCUT2D eigenvalue weighted by Crippen LogP contribution is -2.33. The van der Waals surface area contributed by atoms with Gasteiger partial charge in [-0.25, -0.2) is 0 Å². The van der Waals surface area contributed by atoms with Gasteiger partial charge in [-0.15, -0.1) is 0 Å². The van der Waals surface area contributed by atoms with Crippen molar-refractivity contribution in [3.8, 4) is 0 Å². The number of ether oxygens (including phenoxy) is 1. The van der Waals surface area contributed by atoms with Crippen molar-refractivity contribution in [3.63, 3.8) is 0 Å². The number of carbonyl (C=O) groups is 3. The summed E-state index contributed by atoms with van der Waals surface area (Å²) in [7, 11) is 1.53. The lowest BCUT2D eigenvalue weighted by molar-refractivity contribution is -0.143. The highest BCUT2D eigenvalue weighted by molar-refractivity contribution is 5.96. The number of likely N-dealkylation sites (N-methyl/N-ethyl adjacent to an activating group) is 1. The molecule has 0 saturated carbocycles. The van der Waals surface area contributed by atoms with Gasteiger partial charge in [0.05, 0.1) is 6.61 Å². The first-order chi connectivity index (χ1) is 9.43. The molecule has 1 rings (SSSR count). The Kier molecular flexibility index (Phi) is 5.71. The maximum absolute atomic E-state index is 12.0. The minimum atomic E-state index is -0.446. The number of esters is 1. The summed E-state index contributed by atoms with van der Waals surface area (Å²) in [4.78, 5) is 35.5. The number of nitrogens with one attached hydrogen (secondary N) is 1. The van der Waals surface area contributed by atoms with E-state index in [2.05, 4.69) is 5.32 Å². The summed E-state index contributed by atoms with van der Waals surface area (Å²) >= 11 is 0. The van der Waals surface area contributed by atoms with Crippen molar-refractivity contribution >= 4 is 23.5 Å². The third-order valence-electron chi connectivity index (χ3n) is 2.47. The first-order valence-corrected chi connectivity index (χ1v) is 6.22. The van der Waals surface area contributed by atoms with E-state index < -0.39 is 5.97 Å². The van der Waals surface area contributed by atoms with E-state index in [9.17, 15) is 14.4 Å². The fourth-order valence-corrected chi connectivity index (χ4v) is 1.59. The maximum Gasteiger partial charge on any atom is 0.325 e. The van der Waals surface area contributed by atoms with E-state index in [4.69, 9.17) is 4.74 Å². The number of benzene rings is 1. The smallest absolute Gasteiger partial charge is 0.325 e. The van der Waals surface area contributed by atoms with Crippen LogP contribution in [0.5, 0.6) is 0 Å². The van der Waals surface area contributed by atoms with Gasteiger partial charge in [0, 0.05) is 25.2 Å². The van der Waals surface area contributed by atoms with Crippen molar-refractivity contribution in [1.29, 1.82) is 0 Å². The average molecular weight is 278 g/mol. The second-order valence-corrected chi connectivity index (χ2v) is 4.22. The number of hydrogen-bond acceptors (Lipinski definition) is 4. The van der Waals surface area contributed by atoms with E-state index in [1.54, 1.807) is 31.2 Å². The van der Waals surface area contributed by atoms with Crippen LogP contribution in [-0.2, 0) is 14.3 Å². The zero-order valence-corrected chi connectivity index (χ0v) is 11.8. The summed E-state index contributed by atoms with van der Waals surface area (Å²) in [6, 6.07) is 6.45. The molecule has 1 aromatic carbocycles. The van der Waals surface area contributed by atoms with Crippen molar-refractivity contribution < 1.29 is 19.1 Å². The number of hydrogen-bond donors (Lipinski definition) is 1. The summed E-state index contributed by atoms with van der Waals surface area (Å²) in [6.07, 6.45) is 0. The molecule has 1 aromatic rings. The molecule has 0 aliphatic heterocycles. The van der Waals surface area contributed by atoms with Gasteiger partial charge in [0.2, 0.25) is 5.91 Å². The molecule has 0 bridgehead atoms. The van der Waals surface area contributed by atoms with E-state index in [0.717, 1.165) is 0 Å². The number of nitrogens with zero attached hydrogens (tertiary/aromatic N) is 1. The molecule has 0 heterocycles. The minimum absolute atomic E-state index is 0.0971. The van der Waals surface area contributed by atoms with Gasteiger partial charge in [0.15, 0.2) is 0 Å². The van der Waals surface area contributed by atoms with Crippen LogP contribution in [0.4, 0.5) is 5.69 Å². The van der Waals surface area contributed by atoms with Crippen LogP contribution < -0.4 is 5.32 Å². The molecule has 2 amide bonds. The molecule has 0 atom stereocenters. The SMILES string of the molecule is CCOC(=O)CN(C)C(=O)c1ccc(NC(C)=O)cc1. The maximum atomic E-state index is 12.0. The van der Waals surface area contributed by atoms with Gasteiger partial charge in [0.1, 0.15) is 6.54 Å². The van der Waals surface area contributed by atoms with Crippen LogP contribution in [0.1, 0.15) is 24.2 Å². The molecule has 0 radical (unpaired) electrons. The highest BCUT2D eigenvalue weighted by Gasteiger charge is 2.15. The Balaban J connectivity index is 2.67. The average Bonchev–Trinajstić information content (AvgIpc) is 2.38. The molecule has 0 aliphatic rings. The molecule has 108 valence electrons. The standard InChI is InChI=1S/C14H18N2O4/c1-4-20-13(18)9-16(3)14(19)11-5-7-12(8-6-11)15-10(2)17/h5-8H,4,9H2,1-3H3,(H,15,17). The van der Waals surface area contributed by atoms with Crippen molar-refractivity contribution in [3.05, 3.63) is 29.8 Å². The Morgan fingerprint density at radius 1 is 1.20 bits per heavy atom. The summed E-state index contributed by atoms with van der Waals surface area (Å²) in [5.41, 5.74) is 1.05. The van der Waals surface area contributed by atoms with Crippen LogP contribution in [0.3, 0.4) is 0 Å². The highest BCUT2D eigenvalue weighted by atomic mass is 16.5. The van der Waals surface area contributed by atoms with Crippen molar-refractivity contribution in [2.45, 2.75) is 13.8 Å². The molecule has 6 heteroatoms. The largest absolute Gasteiger partial charge is 0.465 e. The van der Waals surface area contributed by atoms with Gasteiger partial charge < -0.3 is 15.0 Å². The molecular weight excluding hydrogens is 260 g/mol. The molecule has 20 heavy (non-hydrogen) atoms. The van der Waals surface area contributed by atoms with E-state index >= 15 is 0 Å². The lowest BCUT2D eigenvalue weighted by atomic mass is 10.2. The number of amides is 2. The van der Waals surface area contributed by atoms with Gasteiger partial charge in [0.25, 0.3) is 5.91 Å². The zero-order chi connectivity index (χ0) is 15.1. The Labute approximate surface area is 117 Å². The van der Waals surface area contributed by atoms with E-state index in [1.807, 2.05) is 0 Å². The third kappa shape index (κ3) is 4.72. The third-order valence-corrected chi connectivity index (χ3v) is 2.47. The Hall–Kier alpha value is -2.37. The van der Waals surface area contributed by atoms with E-state index in [1.165, 1.54) is 18.9 Å². The summed E-state index contributed by atoms with van der Waals surface area (Å²) < 4.78 is 4.78. The van der Waals surface area contributed by atoms with E-state index in [-0.39, 0.29) is 25.0 Å². The predicted molar refractivity (Wildman–Crippen MR) is 74.3 cm³/mol. The molecule has 0 fully saturated rings. The van der Waals surface area contributed by atoms with Crippen LogP contribution in [0.15, 0.2) is 24.3 Å². The van der Waals surface area contributed by atoms with Gasteiger partial charge in [-0.3, -0.25) is 14.4 Å². The normalized spacial score (nSPS) is 9.75. The van der Waals surface area contributed by atoms with Crippen molar-refractivity contribution in [1.82, 2.24) is 4.90 Å². The lowest BCUT2D eigenvalue weighted by Gasteiger charge is -2.16. The second kappa shape index (κ2) is 7.28. The van der Waals surface area contributed by atoms with Crippen LogP contribution in [0.2, 0.25) is 0 Å². The van der Waals surface area contributed by atoms with E-state index in [0.29, 0.717) is 11.3 Å². The molecule has 6 nitrogen and oxygen atoms in total. The first-order valence-electron chi connectivity index (χ1n) is 6.22. The highest BCUT2D eigenvalue weighted by Crippen LogP contribution is 2.11. The van der Waals surface area contributed by atoms with Gasteiger partial charge in [-0.1, -0.05) is 0 Å². The molecule has 0 aromatic heterocycles. The monoisotopic (exact) mass is 278 g/mol. The molecule has 0 saturated heterocycles. The number of carbonyl (C=O) groups excluding carboxylic acids is 3. The van der Waals surface area contributed by atoms with Crippen molar-refractivity contribution in [2.24, 2.45) is 0 Å². The van der Waals surface area contributed by atoms with Crippen molar-refractivity contribution in [2.75, 3.05) is 25.5 Å². The number of anilines is 1. The van der Waals surface area contributed by atoms with Crippen LogP contribution >= 0.6 is 0 Å². The van der Waals surface area contributed by atoms with Gasteiger partial charge in [-0.2, -0.15) is 0 Å². The van der Waals surface area contributed by atoms with Crippen LogP contribution in [0, 0.1) is 0 Å². The molecular formula is C14H18N2O4. The molecule has 1 N–H and O–H groups in total. The molecule has 0 spiro atoms.